The normalized spacial score (nSPS) is 19.1. The lowest BCUT2D eigenvalue weighted by molar-refractivity contribution is -0.137. The molecular formula is C25H31F3N6O2. The zero-order valence-electron chi connectivity index (χ0n) is 21.3. The lowest BCUT2D eigenvalue weighted by Gasteiger charge is -2.44. The third-order valence-corrected chi connectivity index (χ3v) is 6.23. The second kappa shape index (κ2) is 9.25. The second-order valence-corrected chi connectivity index (χ2v) is 10.2. The molecule has 4 heterocycles. The van der Waals surface area contributed by atoms with E-state index >= 15 is 0 Å². The fourth-order valence-electron chi connectivity index (χ4n) is 4.50. The molecule has 1 saturated heterocycles. The zero-order chi connectivity index (χ0) is 26.4. The number of hydrogen-bond donors (Lipinski definition) is 0. The van der Waals surface area contributed by atoms with E-state index in [0.717, 1.165) is 29.3 Å². The van der Waals surface area contributed by atoms with Gasteiger partial charge in [-0.05, 0) is 58.7 Å². The van der Waals surface area contributed by atoms with Gasteiger partial charge in [0.05, 0.1) is 10.9 Å². The van der Waals surface area contributed by atoms with Crippen molar-refractivity contribution < 1.29 is 22.7 Å². The first-order valence-electron chi connectivity index (χ1n) is 11.9. The minimum Gasteiger partial charge on any atom is -0.444 e. The smallest absolute Gasteiger partial charge is 0.416 e. The van der Waals surface area contributed by atoms with Crippen molar-refractivity contribution >= 4 is 22.9 Å². The number of alkyl halides is 3. The average molecular weight is 505 g/mol. The number of nitrogens with zero attached hydrogens (tertiary/aromatic N) is 6. The monoisotopic (exact) mass is 504 g/mol. The van der Waals surface area contributed by atoms with Gasteiger partial charge in [0.1, 0.15) is 23.6 Å². The van der Waals surface area contributed by atoms with E-state index in [2.05, 4.69) is 19.9 Å². The molecule has 194 valence electrons. The van der Waals surface area contributed by atoms with Crippen molar-refractivity contribution in [3.8, 4) is 5.82 Å². The maximum absolute atomic E-state index is 13.3. The molecule has 3 aromatic rings. The van der Waals surface area contributed by atoms with Crippen molar-refractivity contribution in [2.24, 2.45) is 0 Å². The predicted molar refractivity (Wildman–Crippen MR) is 130 cm³/mol. The third kappa shape index (κ3) is 4.96. The van der Waals surface area contributed by atoms with Crippen LogP contribution in [0.1, 0.15) is 52.7 Å². The molecule has 0 saturated carbocycles. The van der Waals surface area contributed by atoms with Crippen molar-refractivity contribution in [3.63, 3.8) is 0 Å². The summed E-state index contributed by atoms with van der Waals surface area (Å²) in [6.45, 7) is 12.4. The Bertz CT molecular complexity index is 1270. The molecule has 4 rings (SSSR count). The molecule has 0 radical (unpaired) electrons. The van der Waals surface area contributed by atoms with Gasteiger partial charge in [0.25, 0.3) is 0 Å². The average Bonchev–Trinajstić information content (AvgIpc) is 3.18. The summed E-state index contributed by atoms with van der Waals surface area (Å²) in [6, 6.07) is 1.75. The van der Waals surface area contributed by atoms with Crippen LogP contribution in [0.2, 0.25) is 0 Å². The number of aryl methyl sites for hydroxylation is 1. The summed E-state index contributed by atoms with van der Waals surface area (Å²) in [5, 5.41) is 0.768. The molecule has 0 N–H and O–H groups in total. The van der Waals surface area contributed by atoms with Gasteiger partial charge in [0.15, 0.2) is 5.65 Å². The second-order valence-electron chi connectivity index (χ2n) is 10.2. The number of fused-ring (bicyclic) bond motifs is 1. The van der Waals surface area contributed by atoms with E-state index in [1.807, 2.05) is 41.5 Å². The standard InChI is InChI=1S/C25H31F3N6O2/c1-7-17-13-34(19-10-18(8-9-29-19)25(26,27)28)22-20(17)21(30-14-31-22)32-11-16(3)33(12-15(32)2)23(35)36-24(4,5)6/h8-10,13-16H,7,11-12H2,1-6H3. The molecule has 2 unspecified atom stereocenters. The highest BCUT2D eigenvalue weighted by Gasteiger charge is 2.36. The summed E-state index contributed by atoms with van der Waals surface area (Å²) >= 11 is 0. The Balaban J connectivity index is 1.73. The highest BCUT2D eigenvalue weighted by atomic mass is 19.4. The number of halogens is 3. The van der Waals surface area contributed by atoms with E-state index in [-0.39, 0.29) is 24.0 Å². The van der Waals surface area contributed by atoms with Crippen molar-refractivity contribution in [1.29, 1.82) is 0 Å². The van der Waals surface area contributed by atoms with Crippen LogP contribution in [0.15, 0.2) is 30.9 Å². The van der Waals surface area contributed by atoms with Gasteiger partial charge in [-0.1, -0.05) is 6.92 Å². The van der Waals surface area contributed by atoms with E-state index < -0.39 is 17.3 Å². The number of carbonyl (C=O) groups is 1. The third-order valence-electron chi connectivity index (χ3n) is 6.23. The van der Waals surface area contributed by atoms with Crippen molar-refractivity contribution in [2.75, 3.05) is 18.0 Å². The van der Waals surface area contributed by atoms with Crippen LogP contribution in [0.5, 0.6) is 0 Å². The van der Waals surface area contributed by atoms with Gasteiger partial charge < -0.3 is 14.5 Å². The highest BCUT2D eigenvalue weighted by Crippen LogP contribution is 2.35. The molecule has 3 aromatic heterocycles. The van der Waals surface area contributed by atoms with Crippen LogP contribution >= 0.6 is 0 Å². The molecule has 0 aromatic carbocycles. The van der Waals surface area contributed by atoms with Gasteiger partial charge in [0.2, 0.25) is 0 Å². The van der Waals surface area contributed by atoms with Gasteiger partial charge in [-0.3, -0.25) is 4.57 Å². The van der Waals surface area contributed by atoms with Gasteiger partial charge in [-0.2, -0.15) is 13.2 Å². The number of aromatic nitrogens is 4. The molecule has 0 spiro atoms. The lowest BCUT2D eigenvalue weighted by atomic mass is 10.1. The minimum absolute atomic E-state index is 0.0773. The maximum Gasteiger partial charge on any atom is 0.416 e. The fourth-order valence-corrected chi connectivity index (χ4v) is 4.50. The number of pyridine rings is 1. The lowest BCUT2D eigenvalue weighted by Crippen LogP contribution is -2.59. The molecule has 1 fully saturated rings. The Labute approximate surface area is 208 Å². The summed E-state index contributed by atoms with van der Waals surface area (Å²) < 4.78 is 47.2. The van der Waals surface area contributed by atoms with E-state index in [1.54, 1.807) is 15.7 Å². The van der Waals surface area contributed by atoms with Crippen molar-refractivity contribution in [3.05, 3.63) is 42.0 Å². The van der Waals surface area contributed by atoms with Crippen LogP contribution in [0, 0.1) is 0 Å². The fraction of sp³-hybridized carbons (Fsp3) is 0.520. The summed E-state index contributed by atoms with van der Waals surface area (Å²) in [5.41, 5.74) is 0.0153. The van der Waals surface area contributed by atoms with E-state index in [9.17, 15) is 18.0 Å². The van der Waals surface area contributed by atoms with Crippen LogP contribution in [0.4, 0.5) is 23.8 Å². The molecular weight excluding hydrogens is 473 g/mol. The molecule has 2 atom stereocenters. The van der Waals surface area contributed by atoms with E-state index in [4.69, 9.17) is 4.74 Å². The highest BCUT2D eigenvalue weighted by molar-refractivity contribution is 5.92. The predicted octanol–water partition coefficient (Wildman–Crippen LogP) is 5.23. The summed E-state index contributed by atoms with van der Waals surface area (Å²) in [4.78, 5) is 29.8. The Hall–Kier alpha value is -3.37. The summed E-state index contributed by atoms with van der Waals surface area (Å²) in [5.74, 6) is 0.820. The first kappa shape index (κ1) is 25.7. The number of hydrogen-bond acceptors (Lipinski definition) is 6. The first-order valence-corrected chi connectivity index (χ1v) is 11.9. The quantitative estimate of drug-likeness (QED) is 0.486. The van der Waals surface area contributed by atoms with Gasteiger partial charge >= 0.3 is 12.3 Å². The van der Waals surface area contributed by atoms with E-state index in [0.29, 0.717) is 31.0 Å². The Morgan fingerprint density at radius 3 is 2.47 bits per heavy atom. The Kier molecular flexibility index (Phi) is 6.61. The zero-order valence-corrected chi connectivity index (χ0v) is 21.3. The molecule has 36 heavy (non-hydrogen) atoms. The number of amides is 1. The summed E-state index contributed by atoms with van der Waals surface area (Å²) in [7, 11) is 0. The van der Waals surface area contributed by atoms with Crippen molar-refractivity contribution in [2.45, 2.75) is 71.8 Å². The molecule has 8 nitrogen and oxygen atoms in total. The number of piperazine rings is 1. The molecule has 1 amide bonds. The molecule has 11 heteroatoms. The van der Waals surface area contributed by atoms with E-state index in [1.165, 1.54) is 6.33 Å². The molecule has 0 bridgehead atoms. The Morgan fingerprint density at radius 1 is 1.11 bits per heavy atom. The van der Waals surface area contributed by atoms with Crippen LogP contribution in [-0.4, -0.2) is 61.3 Å². The number of ether oxygens (including phenoxy) is 1. The first-order chi connectivity index (χ1) is 16.8. The summed E-state index contributed by atoms with van der Waals surface area (Å²) in [6.07, 6.45) is 0.135. The van der Waals surface area contributed by atoms with Crippen LogP contribution in [-0.2, 0) is 17.3 Å². The van der Waals surface area contributed by atoms with Gasteiger partial charge in [-0.15, -0.1) is 0 Å². The largest absolute Gasteiger partial charge is 0.444 e. The minimum atomic E-state index is -4.48. The SMILES string of the molecule is CCc1cn(-c2cc(C(F)(F)F)ccn2)c2ncnc(N3CC(C)N(C(=O)OC(C)(C)C)CC3C)c12. The van der Waals surface area contributed by atoms with Crippen LogP contribution in [0.25, 0.3) is 16.9 Å². The molecule has 0 aliphatic carbocycles. The van der Waals surface area contributed by atoms with Crippen LogP contribution in [0.3, 0.4) is 0 Å². The van der Waals surface area contributed by atoms with Gasteiger partial charge in [0, 0.05) is 37.6 Å². The molecule has 1 aliphatic heterocycles. The van der Waals surface area contributed by atoms with Gasteiger partial charge in [-0.25, -0.2) is 19.7 Å². The number of carbonyl (C=O) groups excluding carboxylic acids is 1. The molecule has 1 aliphatic rings. The number of anilines is 1. The number of rotatable bonds is 3. The topological polar surface area (TPSA) is 76.4 Å². The van der Waals surface area contributed by atoms with Crippen LogP contribution < -0.4 is 4.90 Å². The van der Waals surface area contributed by atoms with Crippen molar-refractivity contribution in [1.82, 2.24) is 24.4 Å². The maximum atomic E-state index is 13.3. The Morgan fingerprint density at radius 2 is 1.83 bits per heavy atom.